The number of hydrazine groups is 1. The molecule has 0 aromatic heterocycles. The normalized spacial score (nSPS) is 10.2. The first-order valence-corrected chi connectivity index (χ1v) is 8.58. The number of carbonyl (C=O) groups is 2. The zero-order chi connectivity index (χ0) is 19.1. The molecule has 0 radical (unpaired) electrons. The van der Waals surface area contributed by atoms with Crippen LogP contribution in [0.2, 0.25) is 10.0 Å². The monoisotopic (exact) mass is 396 g/mol. The molecular weight excluding hydrogens is 379 g/mol. The van der Waals surface area contributed by atoms with Crippen LogP contribution in [-0.4, -0.2) is 25.5 Å². The molecule has 0 heterocycles. The largest absolute Gasteiger partial charge is 0.493 e. The summed E-state index contributed by atoms with van der Waals surface area (Å²) < 4.78 is 10.8. The van der Waals surface area contributed by atoms with Crippen molar-refractivity contribution in [3.8, 4) is 11.5 Å². The zero-order valence-corrected chi connectivity index (χ0v) is 15.8. The van der Waals surface area contributed by atoms with Gasteiger partial charge in [-0.15, -0.1) is 0 Å². The maximum Gasteiger partial charge on any atom is 0.271 e. The van der Waals surface area contributed by atoms with Crippen LogP contribution in [0.15, 0.2) is 36.4 Å². The lowest BCUT2D eigenvalue weighted by atomic mass is 10.2. The Morgan fingerprint density at radius 2 is 1.73 bits per heavy atom. The van der Waals surface area contributed by atoms with Crippen LogP contribution < -0.4 is 20.3 Å². The standard InChI is InChI=1S/C18H18Cl2N2O4/c1-3-8-26-15-7-4-11(9-16(15)25-2)17(23)21-22-18(24)13-10-12(19)5-6-14(13)20/h4-7,9-10H,3,8H2,1-2H3,(H,21,23)(H,22,24). The Kier molecular flexibility index (Phi) is 7.12. The molecule has 0 aliphatic carbocycles. The lowest BCUT2D eigenvalue weighted by molar-refractivity contribution is 0.0846. The molecule has 0 aliphatic heterocycles. The molecule has 0 fully saturated rings. The molecule has 2 aromatic carbocycles. The summed E-state index contributed by atoms with van der Waals surface area (Å²) in [6.45, 7) is 2.53. The molecule has 138 valence electrons. The van der Waals surface area contributed by atoms with E-state index in [0.717, 1.165) is 6.42 Å². The molecule has 2 rings (SSSR count). The van der Waals surface area contributed by atoms with Crippen molar-refractivity contribution in [2.75, 3.05) is 13.7 Å². The van der Waals surface area contributed by atoms with E-state index in [1.54, 1.807) is 18.2 Å². The predicted molar refractivity (Wildman–Crippen MR) is 100 cm³/mol. The summed E-state index contributed by atoms with van der Waals surface area (Å²) in [6, 6.07) is 9.21. The van der Waals surface area contributed by atoms with Crippen molar-refractivity contribution in [1.82, 2.24) is 10.9 Å². The lowest BCUT2D eigenvalue weighted by Crippen LogP contribution is -2.41. The molecule has 0 unspecified atom stereocenters. The minimum Gasteiger partial charge on any atom is -0.493 e. The average Bonchev–Trinajstić information content (AvgIpc) is 2.65. The van der Waals surface area contributed by atoms with Crippen molar-refractivity contribution in [1.29, 1.82) is 0 Å². The maximum atomic E-state index is 12.2. The third-order valence-electron chi connectivity index (χ3n) is 3.35. The molecule has 0 atom stereocenters. The fourth-order valence-electron chi connectivity index (χ4n) is 2.06. The Morgan fingerprint density at radius 1 is 1.00 bits per heavy atom. The van der Waals surface area contributed by atoms with E-state index in [1.807, 2.05) is 6.92 Å². The van der Waals surface area contributed by atoms with Crippen LogP contribution in [0.5, 0.6) is 11.5 Å². The molecule has 0 spiro atoms. The van der Waals surface area contributed by atoms with E-state index in [-0.39, 0.29) is 10.6 Å². The first kappa shape index (κ1) is 19.9. The fraction of sp³-hybridized carbons (Fsp3) is 0.222. The number of halogens is 2. The molecule has 0 saturated heterocycles. The Bertz CT molecular complexity index is 812. The average molecular weight is 397 g/mol. The number of methoxy groups -OCH3 is 1. The van der Waals surface area contributed by atoms with Crippen LogP contribution in [-0.2, 0) is 0 Å². The summed E-state index contributed by atoms with van der Waals surface area (Å²) in [6.07, 6.45) is 0.851. The minimum atomic E-state index is -0.583. The van der Waals surface area contributed by atoms with Gasteiger partial charge in [-0.25, -0.2) is 0 Å². The molecule has 2 amide bonds. The Labute approximate surface area is 161 Å². The van der Waals surface area contributed by atoms with E-state index < -0.39 is 11.8 Å². The van der Waals surface area contributed by atoms with Gasteiger partial charge in [0.1, 0.15) is 0 Å². The number of hydrogen-bond donors (Lipinski definition) is 2. The highest BCUT2D eigenvalue weighted by atomic mass is 35.5. The van der Waals surface area contributed by atoms with Crippen LogP contribution in [0.25, 0.3) is 0 Å². The topological polar surface area (TPSA) is 76.7 Å². The second-order valence-electron chi connectivity index (χ2n) is 5.25. The number of carbonyl (C=O) groups excluding carboxylic acids is 2. The van der Waals surface area contributed by atoms with Crippen LogP contribution in [0.1, 0.15) is 34.1 Å². The third-order valence-corrected chi connectivity index (χ3v) is 3.91. The molecule has 2 N–H and O–H groups in total. The number of amides is 2. The number of benzene rings is 2. The summed E-state index contributed by atoms with van der Waals surface area (Å²) in [5, 5.41) is 0.582. The van der Waals surface area contributed by atoms with E-state index in [2.05, 4.69) is 10.9 Å². The van der Waals surface area contributed by atoms with Gasteiger partial charge >= 0.3 is 0 Å². The van der Waals surface area contributed by atoms with Gasteiger partial charge in [-0.3, -0.25) is 20.4 Å². The highest BCUT2D eigenvalue weighted by Gasteiger charge is 2.14. The van der Waals surface area contributed by atoms with Crippen molar-refractivity contribution >= 4 is 35.0 Å². The second kappa shape index (κ2) is 9.31. The number of nitrogens with one attached hydrogen (secondary N) is 2. The quantitative estimate of drug-likeness (QED) is 0.726. The molecule has 2 aromatic rings. The van der Waals surface area contributed by atoms with Gasteiger partial charge in [0.15, 0.2) is 11.5 Å². The predicted octanol–water partition coefficient (Wildman–Crippen LogP) is 3.87. The Hall–Kier alpha value is -2.44. The molecule has 0 bridgehead atoms. The van der Waals surface area contributed by atoms with Crippen molar-refractivity contribution in [3.05, 3.63) is 57.6 Å². The summed E-state index contributed by atoms with van der Waals surface area (Å²) in [5.74, 6) is -0.131. The first-order valence-electron chi connectivity index (χ1n) is 7.82. The molecular formula is C18H18Cl2N2O4. The summed E-state index contributed by atoms with van der Waals surface area (Å²) in [5.41, 5.74) is 5.07. The fourth-order valence-corrected chi connectivity index (χ4v) is 2.44. The Morgan fingerprint density at radius 3 is 2.42 bits per heavy atom. The van der Waals surface area contributed by atoms with Crippen LogP contribution in [0.3, 0.4) is 0 Å². The van der Waals surface area contributed by atoms with Crippen LogP contribution in [0.4, 0.5) is 0 Å². The molecule has 8 heteroatoms. The number of hydrogen-bond acceptors (Lipinski definition) is 4. The summed E-state index contributed by atoms with van der Waals surface area (Å²) in [4.78, 5) is 24.4. The van der Waals surface area contributed by atoms with Crippen molar-refractivity contribution < 1.29 is 19.1 Å². The minimum absolute atomic E-state index is 0.153. The van der Waals surface area contributed by atoms with Gasteiger partial charge in [0.25, 0.3) is 11.8 Å². The Balaban J connectivity index is 2.05. The van der Waals surface area contributed by atoms with Crippen molar-refractivity contribution in [2.24, 2.45) is 0 Å². The summed E-state index contributed by atoms with van der Waals surface area (Å²) in [7, 11) is 1.48. The highest BCUT2D eigenvalue weighted by Crippen LogP contribution is 2.28. The van der Waals surface area contributed by atoms with E-state index in [9.17, 15) is 9.59 Å². The van der Waals surface area contributed by atoms with Crippen molar-refractivity contribution in [2.45, 2.75) is 13.3 Å². The number of rotatable bonds is 6. The number of ether oxygens (including phenoxy) is 2. The third kappa shape index (κ3) is 5.03. The van der Waals surface area contributed by atoms with Gasteiger partial charge in [-0.05, 0) is 42.8 Å². The van der Waals surface area contributed by atoms with E-state index in [1.165, 1.54) is 25.3 Å². The van der Waals surface area contributed by atoms with Gasteiger partial charge in [-0.1, -0.05) is 30.1 Å². The zero-order valence-electron chi connectivity index (χ0n) is 14.3. The second-order valence-corrected chi connectivity index (χ2v) is 6.09. The lowest BCUT2D eigenvalue weighted by Gasteiger charge is -2.12. The van der Waals surface area contributed by atoms with Gasteiger partial charge < -0.3 is 9.47 Å². The molecule has 0 saturated carbocycles. The van der Waals surface area contributed by atoms with Crippen LogP contribution >= 0.6 is 23.2 Å². The van der Waals surface area contributed by atoms with Gasteiger partial charge in [-0.2, -0.15) is 0 Å². The van der Waals surface area contributed by atoms with E-state index in [4.69, 9.17) is 32.7 Å². The maximum absolute atomic E-state index is 12.2. The van der Waals surface area contributed by atoms with Gasteiger partial charge in [0.2, 0.25) is 0 Å². The summed E-state index contributed by atoms with van der Waals surface area (Å²) >= 11 is 11.8. The first-order chi connectivity index (χ1) is 12.5. The van der Waals surface area contributed by atoms with Gasteiger partial charge in [0, 0.05) is 10.6 Å². The molecule has 0 aliphatic rings. The smallest absolute Gasteiger partial charge is 0.271 e. The highest BCUT2D eigenvalue weighted by molar-refractivity contribution is 6.35. The van der Waals surface area contributed by atoms with E-state index in [0.29, 0.717) is 28.7 Å². The SMILES string of the molecule is CCCOc1ccc(C(=O)NNC(=O)c2cc(Cl)ccc2Cl)cc1OC. The van der Waals surface area contributed by atoms with Gasteiger partial charge in [0.05, 0.1) is 24.3 Å². The van der Waals surface area contributed by atoms with Crippen LogP contribution in [0, 0.1) is 0 Å². The van der Waals surface area contributed by atoms with E-state index >= 15 is 0 Å². The molecule has 26 heavy (non-hydrogen) atoms. The van der Waals surface area contributed by atoms with Crippen molar-refractivity contribution in [3.63, 3.8) is 0 Å². The molecule has 6 nitrogen and oxygen atoms in total.